The minimum absolute atomic E-state index is 0.00648. The molecule has 0 atom stereocenters. The predicted octanol–water partition coefficient (Wildman–Crippen LogP) is 3.20. The van der Waals surface area contributed by atoms with Gasteiger partial charge in [-0.1, -0.05) is 0 Å². The Bertz CT molecular complexity index is 483. The number of carbonyl (C=O) groups excluding carboxylic acids is 1. The van der Waals surface area contributed by atoms with Gasteiger partial charge in [0, 0.05) is 22.3 Å². The number of carbonyl (C=O) groups is 1. The van der Waals surface area contributed by atoms with Gasteiger partial charge in [0.15, 0.2) is 0 Å². The molecule has 0 saturated heterocycles. The van der Waals surface area contributed by atoms with Crippen molar-refractivity contribution < 1.29 is 4.79 Å². The van der Waals surface area contributed by atoms with Crippen LogP contribution in [0.25, 0.3) is 0 Å². The molecule has 0 unspecified atom stereocenters. The number of anilines is 1. The number of benzene rings is 1. The van der Waals surface area contributed by atoms with E-state index in [1.165, 1.54) is 25.7 Å². The van der Waals surface area contributed by atoms with Crippen LogP contribution in [0.5, 0.6) is 0 Å². The monoisotopic (exact) mass is 322 g/mol. The van der Waals surface area contributed by atoms with Gasteiger partial charge in [0.1, 0.15) is 0 Å². The zero-order valence-electron chi connectivity index (χ0n) is 10.9. The molecule has 0 aromatic heterocycles. The molecule has 4 heteroatoms. The van der Waals surface area contributed by atoms with E-state index >= 15 is 0 Å². The Morgan fingerprint density at radius 2 is 1.95 bits per heavy atom. The van der Waals surface area contributed by atoms with E-state index in [-0.39, 0.29) is 5.91 Å². The van der Waals surface area contributed by atoms with Crippen molar-refractivity contribution >= 4 is 27.5 Å². The SMILES string of the molecule is Nc1ccc(C(=O)NCC(C2CC2)C2CC2)cc1Br. The van der Waals surface area contributed by atoms with Gasteiger partial charge >= 0.3 is 0 Å². The van der Waals surface area contributed by atoms with Crippen LogP contribution in [0.2, 0.25) is 0 Å². The van der Waals surface area contributed by atoms with Gasteiger partial charge in [-0.25, -0.2) is 0 Å². The van der Waals surface area contributed by atoms with E-state index < -0.39 is 0 Å². The molecule has 0 aliphatic heterocycles. The average Bonchev–Trinajstić information content (AvgIpc) is 3.26. The Kier molecular flexibility index (Phi) is 3.52. The van der Waals surface area contributed by atoms with Crippen LogP contribution in [0.15, 0.2) is 22.7 Å². The summed E-state index contributed by atoms with van der Waals surface area (Å²) in [7, 11) is 0. The summed E-state index contributed by atoms with van der Waals surface area (Å²) in [5.74, 6) is 2.45. The molecule has 0 radical (unpaired) electrons. The second kappa shape index (κ2) is 5.16. The van der Waals surface area contributed by atoms with E-state index in [1.54, 1.807) is 18.2 Å². The lowest BCUT2D eigenvalue weighted by molar-refractivity contribution is 0.0943. The van der Waals surface area contributed by atoms with Crippen LogP contribution in [0.1, 0.15) is 36.0 Å². The zero-order chi connectivity index (χ0) is 13.4. The van der Waals surface area contributed by atoms with E-state index in [1.807, 2.05) is 0 Å². The third kappa shape index (κ3) is 3.11. The Morgan fingerprint density at radius 1 is 1.32 bits per heavy atom. The largest absolute Gasteiger partial charge is 0.398 e. The Labute approximate surface area is 122 Å². The highest BCUT2D eigenvalue weighted by molar-refractivity contribution is 9.10. The summed E-state index contributed by atoms with van der Waals surface area (Å²) < 4.78 is 0.779. The van der Waals surface area contributed by atoms with Gasteiger partial charge < -0.3 is 11.1 Å². The van der Waals surface area contributed by atoms with Gasteiger partial charge in [0.2, 0.25) is 0 Å². The molecule has 2 saturated carbocycles. The summed E-state index contributed by atoms with van der Waals surface area (Å²) >= 11 is 3.36. The zero-order valence-corrected chi connectivity index (χ0v) is 12.4. The molecule has 2 aliphatic carbocycles. The van der Waals surface area contributed by atoms with Crippen LogP contribution in [-0.4, -0.2) is 12.5 Å². The number of amides is 1. The van der Waals surface area contributed by atoms with Crippen molar-refractivity contribution in [2.45, 2.75) is 25.7 Å². The normalized spacial score (nSPS) is 18.6. The lowest BCUT2D eigenvalue weighted by Gasteiger charge is -2.16. The van der Waals surface area contributed by atoms with Crippen molar-refractivity contribution in [2.24, 2.45) is 17.8 Å². The van der Waals surface area contributed by atoms with Crippen LogP contribution >= 0.6 is 15.9 Å². The van der Waals surface area contributed by atoms with E-state index in [0.717, 1.165) is 22.9 Å². The molecule has 1 amide bonds. The number of rotatable bonds is 5. The predicted molar refractivity (Wildman–Crippen MR) is 79.8 cm³/mol. The first-order valence-corrected chi connectivity index (χ1v) is 7.77. The van der Waals surface area contributed by atoms with E-state index in [9.17, 15) is 4.79 Å². The van der Waals surface area contributed by atoms with Crippen molar-refractivity contribution in [3.63, 3.8) is 0 Å². The third-order valence-electron chi connectivity index (χ3n) is 4.22. The number of hydrogen-bond donors (Lipinski definition) is 2. The number of hydrogen-bond acceptors (Lipinski definition) is 2. The quantitative estimate of drug-likeness (QED) is 0.818. The van der Waals surface area contributed by atoms with Crippen LogP contribution in [0, 0.1) is 17.8 Å². The Morgan fingerprint density at radius 3 is 2.47 bits per heavy atom. The molecule has 0 heterocycles. The van der Waals surface area contributed by atoms with Crippen molar-refractivity contribution in [3.05, 3.63) is 28.2 Å². The number of nitrogens with one attached hydrogen (secondary N) is 1. The van der Waals surface area contributed by atoms with Crippen molar-refractivity contribution in [1.82, 2.24) is 5.32 Å². The summed E-state index contributed by atoms with van der Waals surface area (Å²) in [5.41, 5.74) is 7.06. The smallest absolute Gasteiger partial charge is 0.251 e. The van der Waals surface area contributed by atoms with Gasteiger partial charge in [0.05, 0.1) is 0 Å². The molecule has 0 spiro atoms. The molecule has 0 bridgehead atoms. The van der Waals surface area contributed by atoms with E-state index in [0.29, 0.717) is 17.2 Å². The second-order valence-corrected chi connectivity index (χ2v) is 6.64. The Balaban J connectivity index is 1.59. The summed E-state index contributed by atoms with van der Waals surface area (Å²) in [4.78, 5) is 12.1. The molecule has 3 rings (SSSR count). The molecule has 19 heavy (non-hydrogen) atoms. The highest BCUT2D eigenvalue weighted by Crippen LogP contribution is 2.48. The fourth-order valence-electron chi connectivity index (χ4n) is 2.75. The van der Waals surface area contributed by atoms with Crippen molar-refractivity contribution in [3.8, 4) is 0 Å². The number of nitrogen functional groups attached to an aromatic ring is 1. The topological polar surface area (TPSA) is 55.1 Å². The van der Waals surface area contributed by atoms with Crippen LogP contribution in [0.3, 0.4) is 0 Å². The fraction of sp³-hybridized carbons (Fsp3) is 0.533. The maximum absolute atomic E-state index is 12.1. The van der Waals surface area contributed by atoms with Gasteiger partial charge in [-0.05, 0) is 77.6 Å². The summed E-state index contributed by atoms with van der Waals surface area (Å²) in [5, 5.41) is 3.09. The van der Waals surface area contributed by atoms with Crippen LogP contribution < -0.4 is 11.1 Å². The van der Waals surface area contributed by atoms with Crippen LogP contribution in [-0.2, 0) is 0 Å². The van der Waals surface area contributed by atoms with Gasteiger partial charge in [-0.15, -0.1) is 0 Å². The minimum atomic E-state index is 0.00648. The molecule has 3 N–H and O–H groups in total. The first-order chi connectivity index (χ1) is 9.15. The van der Waals surface area contributed by atoms with E-state index in [2.05, 4.69) is 21.2 Å². The molecule has 2 aliphatic rings. The molecule has 2 fully saturated rings. The maximum atomic E-state index is 12.1. The summed E-state index contributed by atoms with van der Waals surface area (Å²) in [6.45, 7) is 0.830. The summed E-state index contributed by atoms with van der Waals surface area (Å²) in [6.07, 6.45) is 5.41. The number of halogens is 1. The van der Waals surface area contributed by atoms with E-state index in [4.69, 9.17) is 5.73 Å². The molecule has 1 aromatic rings. The van der Waals surface area contributed by atoms with Gasteiger partial charge in [0.25, 0.3) is 5.91 Å². The molecular weight excluding hydrogens is 304 g/mol. The highest BCUT2D eigenvalue weighted by atomic mass is 79.9. The summed E-state index contributed by atoms with van der Waals surface area (Å²) in [6, 6.07) is 5.32. The first-order valence-electron chi connectivity index (χ1n) is 6.98. The first kappa shape index (κ1) is 13.0. The third-order valence-corrected chi connectivity index (χ3v) is 4.90. The Hall–Kier alpha value is -1.03. The average molecular weight is 323 g/mol. The lowest BCUT2D eigenvalue weighted by Crippen LogP contribution is -2.31. The fourth-order valence-corrected chi connectivity index (χ4v) is 3.13. The minimum Gasteiger partial charge on any atom is -0.398 e. The van der Waals surface area contributed by atoms with Gasteiger partial charge in [-0.2, -0.15) is 0 Å². The standard InChI is InChI=1S/C15H19BrN2O/c16-13-7-11(5-6-14(13)17)15(19)18-8-12(9-1-2-9)10-3-4-10/h5-7,9-10,12H,1-4,8,17H2,(H,18,19). The van der Waals surface area contributed by atoms with Crippen molar-refractivity contribution in [1.29, 1.82) is 0 Å². The van der Waals surface area contributed by atoms with Crippen LogP contribution in [0.4, 0.5) is 5.69 Å². The second-order valence-electron chi connectivity index (χ2n) is 5.79. The molecule has 3 nitrogen and oxygen atoms in total. The molecular formula is C15H19BrN2O. The van der Waals surface area contributed by atoms with Gasteiger partial charge in [-0.3, -0.25) is 4.79 Å². The maximum Gasteiger partial charge on any atom is 0.251 e. The number of nitrogens with two attached hydrogens (primary N) is 1. The molecule has 1 aromatic carbocycles. The lowest BCUT2D eigenvalue weighted by atomic mass is 9.98. The van der Waals surface area contributed by atoms with Crippen molar-refractivity contribution in [2.75, 3.05) is 12.3 Å². The highest BCUT2D eigenvalue weighted by Gasteiger charge is 2.41. The molecule has 102 valence electrons.